The summed E-state index contributed by atoms with van der Waals surface area (Å²) < 4.78 is 10.4. The fraction of sp³-hybridized carbons (Fsp3) is 0.185. The van der Waals surface area contributed by atoms with Crippen LogP contribution in [0.2, 0.25) is 0 Å². The van der Waals surface area contributed by atoms with E-state index in [9.17, 15) is 19.2 Å². The van der Waals surface area contributed by atoms with Gasteiger partial charge in [0.1, 0.15) is 5.75 Å². The Bertz CT molecular complexity index is 1240. The van der Waals surface area contributed by atoms with Gasteiger partial charge in [0.15, 0.2) is 12.4 Å². The molecule has 1 saturated heterocycles. The number of ether oxygens (including phenoxy) is 2. The molecule has 1 N–H and O–H groups in total. The normalized spacial score (nSPS) is 14.9. The quantitative estimate of drug-likeness (QED) is 0.396. The molecule has 0 aliphatic carbocycles. The van der Waals surface area contributed by atoms with Crippen molar-refractivity contribution in [3.63, 3.8) is 0 Å². The molecular formula is C27H24N2O6. The van der Waals surface area contributed by atoms with E-state index < -0.39 is 11.9 Å². The minimum atomic E-state index is -0.638. The van der Waals surface area contributed by atoms with Gasteiger partial charge in [-0.1, -0.05) is 42.5 Å². The lowest BCUT2D eigenvalue weighted by Crippen LogP contribution is -2.28. The van der Waals surface area contributed by atoms with Crippen molar-refractivity contribution in [3.05, 3.63) is 90.0 Å². The van der Waals surface area contributed by atoms with E-state index >= 15 is 0 Å². The summed E-state index contributed by atoms with van der Waals surface area (Å²) in [6, 6.07) is 21.9. The second-order valence-electron chi connectivity index (χ2n) is 8.01. The van der Waals surface area contributed by atoms with Crippen LogP contribution in [-0.2, 0) is 14.3 Å². The lowest BCUT2D eigenvalue weighted by molar-refractivity contribution is -0.122. The van der Waals surface area contributed by atoms with Crippen LogP contribution >= 0.6 is 0 Å². The van der Waals surface area contributed by atoms with Crippen LogP contribution in [0.15, 0.2) is 78.9 Å². The second kappa shape index (κ2) is 10.6. The molecule has 0 saturated carbocycles. The molecule has 35 heavy (non-hydrogen) atoms. The van der Waals surface area contributed by atoms with E-state index in [1.165, 1.54) is 19.2 Å². The number of ketones is 1. The topological polar surface area (TPSA) is 102 Å². The number of carbonyl (C=O) groups is 4. The molecule has 1 aliphatic rings. The molecule has 3 aromatic rings. The summed E-state index contributed by atoms with van der Waals surface area (Å²) in [5.41, 5.74) is 1.83. The zero-order valence-corrected chi connectivity index (χ0v) is 19.1. The number of anilines is 2. The maximum absolute atomic E-state index is 12.8. The molecule has 1 heterocycles. The summed E-state index contributed by atoms with van der Waals surface area (Å²) in [4.78, 5) is 51.2. The highest BCUT2D eigenvalue weighted by Gasteiger charge is 2.36. The molecule has 8 nitrogen and oxygen atoms in total. The van der Waals surface area contributed by atoms with Gasteiger partial charge in [0.25, 0.3) is 0 Å². The fourth-order valence-corrected chi connectivity index (χ4v) is 3.82. The number of para-hydroxylation sites is 2. The Morgan fingerprint density at radius 1 is 0.914 bits per heavy atom. The zero-order chi connectivity index (χ0) is 24.8. The van der Waals surface area contributed by atoms with E-state index in [0.717, 1.165) is 0 Å². The third-order valence-electron chi connectivity index (χ3n) is 5.69. The van der Waals surface area contributed by atoms with E-state index in [0.29, 0.717) is 22.7 Å². The van der Waals surface area contributed by atoms with Gasteiger partial charge in [0, 0.05) is 24.2 Å². The van der Waals surface area contributed by atoms with Crippen molar-refractivity contribution < 1.29 is 28.7 Å². The number of hydrogen-bond donors (Lipinski definition) is 1. The Morgan fingerprint density at radius 3 is 2.31 bits per heavy atom. The van der Waals surface area contributed by atoms with Gasteiger partial charge in [0.05, 0.1) is 24.3 Å². The molecule has 0 aromatic heterocycles. The van der Waals surface area contributed by atoms with Gasteiger partial charge in [-0.3, -0.25) is 14.4 Å². The maximum atomic E-state index is 12.8. The Labute approximate surface area is 202 Å². The van der Waals surface area contributed by atoms with Gasteiger partial charge in [-0.05, 0) is 36.4 Å². The van der Waals surface area contributed by atoms with Crippen molar-refractivity contribution >= 4 is 34.9 Å². The third kappa shape index (κ3) is 5.55. The fourth-order valence-electron chi connectivity index (χ4n) is 3.82. The predicted octanol–water partition coefficient (Wildman–Crippen LogP) is 3.73. The molecule has 3 aromatic carbocycles. The van der Waals surface area contributed by atoms with Gasteiger partial charge in [-0.2, -0.15) is 0 Å². The Kier molecular flexibility index (Phi) is 7.21. The highest BCUT2D eigenvalue weighted by atomic mass is 16.5. The van der Waals surface area contributed by atoms with E-state index in [-0.39, 0.29) is 42.7 Å². The summed E-state index contributed by atoms with van der Waals surface area (Å²) in [6.45, 7) is -0.120. The van der Waals surface area contributed by atoms with E-state index in [1.807, 2.05) is 12.1 Å². The highest BCUT2D eigenvalue weighted by molar-refractivity contribution is 6.04. The maximum Gasteiger partial charge on any atom is 0.338 e. The number of carbonyl (C=O) groups excluding carboxylic acids is 4. The van der Waals surface area contributed by atoms with Crippen LogP contribution in [0, 0.1) is 5.92 Å². The second-order valence-corrected chi connectivity index (χ2v) is 8.01. The molecule has 0 spiro atoms. The first kappa shape index (κ1) is 23.7. The van der Waals surface area contributed by atoms with Crippen LogP contribution < -0.4 is 15.0 Å². The van der Waals surface area contributed by atoms with Crippen molar-refractivity contribution in [1.29, 1.82) is 0 Å². The van der Waals surface area contributed by atoms with Crippen LogP contribution in [0.25, 0.3) is 0 Å². The van der Waals surface area contributed by atoms with Gasteiger partial charge in [-0.25, -0.2) is 4.79 Å². The van der Waals surface area contributed by atoms with Gasteiger partial charge < -0.3 is 19.7 Å². The molecule has 0 unspecified atom stereocenters. The largest absolute Gasteiger partial charge is 0.495 e. The number of rotatable bonds is 8. The summed E-state index contributed by atoms with van der Waals surface area (Å²) in [7, 11) is 1.53. The summed E-state index contributed by atoms with van der Waals surface area (Å²) >= 11 is 0. The lowest BCUT2D eigenvalue weighted by atomic mass is 10.1. The minimum absolute atomic E-state index is 0.0870. The molecule has 0 radical (unpaired) electrons. The Balaban J connectivity index is 1.32. The van der Waals surface area contributed by atoms with Crippen molar-refractivity contribution in [1.82, 2.24) is 0 Å². The van der Waals surface area contributed by atoms with Crippen LogP contribution in [0.3, 0.4) is 0 Å². The van der Waals surface area contributed by atoms with Crippen LogP contribution in [0.4, 0.5) is 11.4 Å². The number of hydrogen-bond acceptors (Lipinski definition) is 6. The number of esters is 1. The molecule has 1 atom stereocenters. The first-order valence-corrected chi connectivity index (χ1v) is 11.1. The number of methoxy groups -OCH3 is 1. The molecule has 1 aliphatic heterocycles. The average molecular weight is 472 g/mol. The average Bonchev–Trinajstić information content (AvgIpc) is 3.29. The molecular weight excluding hydrogens is 448 g/mol. The summed E-state index contributed by atoms with van der Waals surface area (Å²) in [6.07, 6.45) is 0.0870. The molecule has 4 rings (SSSR count). The standard InChI is InChI=1S/C27H24N2O6/c1-34-24-10-6-5-9-22(24)29-16-20(15-25(29)31)26(32)28-21-13-11-19(12-14-21)27(33)35-17-23(30)18-7-3-2-4-8-18/h2-14,20H,15-17H2,1H3,(H,28,32)/t20-/m0/s1. The monoisotopic (exact) mass is 472 g/mol. The Hall–Kier alpha value is -4.46. The first-order chi connectivity index (χ1) is 17.0. The summed E-state index contributed by atoms with van der Waals surface area (Å²) in [5.74, 6) is -1.34. The van der Waals surface area contributed by atoms with E-state index in [4.69, 9.17) is 9.47 Å². The molecule has 178 valence electrons. The number of nitrogens with zero attached hydrogens (tertiary/aromatic N) is 1. The molecule has 1 fully saturated rings. The van der Waals surface area contributed by atoms with Crippen LogP contribution in [0.5, 0.6) is 5.75 Å². The van der Waals surface area contributed by atoms with Gasteiger partial charge in [0.2, 0.25) is 11.8 Å². The highest BCUT2D eigenvalue weighted by Crippen LogP contribution is 2.33. The van der Waals surface area contributed by atoms with E-state index in [2.05, 4.69) is 5.32 Å². The number of benzene rings is 3. The van der Waals surface area contributed by atoms with E-state index in [1.54, 1.807) is 59.5 Å². The zero-order valence-electron chi connectivity index (χ0n) is 19.1. The number of amides is 2. The molecule has 8 heteroatoms. The lowest BCUT2D eigenvalue weighted by Gasteiger charge is -2.19. The van der Waals surface area contributed by atoms with Crippen molar-refractivity contribution in [2.75, 3.05) is 30.5 Å². The van der Waals surface area contributed by atoms with Crippen LogP contribution in [-0.4, -0.2) is 43.8 Å². The smallest absolute Gasteiger partial charge is 0.338 e. The predicted molar refractivity (Wildman–Crippen MR) is 130 cm³/mol. The SMILES string of the molecule is COc1ccccc1N1C[C@@H](C(=O)Nc2ccc(C(=O)OCC(=O)c3ccccc3)cc2)CC1=O. The first-order valence-electron chi connectivity index (χ1n) is 11.1. The number of nitrogens with one attached hydrogen (secondary N) is 1. The van der Waals surface area contributed by atoms with Crippen molar-refractivity contribution in [3.8, 4) is 5.75 Å². The van der Waals surface area contributed by atoms with Gasteiger partial charge >= 0.3 is 5.97 Å². The summed E-state index contributed by atoms with van der Waals surface area (Å²) in [5, 5.41) is 2.79. The van der Waals surface area contributed by atoms with Crippen LogP contribution in [0.1, 0.15) is 27.1 Å². The van der Waals surface area contributed by atoms with Crippen molar-refractivity contribution in [2.45, 2.75) is 6.42 Å². The van der Waals surface area contributed by atoms with Crippen molar-refractivity contribution in [2.24, 2.45) is 5.92 Å². The third-order valence-corrected chi connectivity index (χ3v) is 5.69. The Morgan fingerprint density at radius 2 is 1.60 bits per heavy atom. The van der Waals surface area contributed by atoms with Gasteiger partial charge in [-0.15, -0.1) is 0 Å². The molecule has 0 bridgehead atoms. The number of Topliss-reactive ketones (excluding diaryl/α,β-unsaturated/α-hetero) is 1. The minimum Gasteiger partial charge on any atom is -0.495 e. The molecule has 2 amide bonds.